The fraction of sp³-hybridized carbons (Fsp3) is 0.278. The van der Waals surface area contributed by atoms with E-state index in [9.17, 15) is 4.79 Å². The van der Waals surface area contributed by atoms with Gasteiger partial charge in [0.05, 0.1) is 12.5 Å². The lowest BCUT2D eigenvalue weighted by Gasteiger charge is -2.19. The van der Waals surface area contributed by atoms with Crippen molar-refractivity contribution in [2.24, 2.45) is 5.73 Å². The van der Waals surface area contributed by atoms with E-state index in [0.717, 1.165) is 23.1 Å². The number of hydrogen-bond donors (Lipinski definition) is 2. The molecule has 1 amide bonds. The summed E-state index contributed by atoms with van der Waals surface area (Å²) < 4.78 is 0. The summed E-state index contributed by atoms with van der Waals surface area (Å²) in [5.41, 5.74) is 10.8. The first-order valence-corrected chi connectivity index (χ1v) is 7.32. The Hall–Kier alpha value is -2.13. The highest BCUT2D eigenvalue weighted by Gasteiger charge is 2.30. The van der Waals surface area contributed by atoms with E-state index in [1.54, 1.807) is 0 Å². The van der Waals surface area contributed by atoms with Crippen molar-refractivity contribution in [3.05, 3.63) is 70.8 Å². The van der Waals surface area contributed by atoms with Crippen LogP contribution in [0.1, 0.15) is 28.3 Å². The van der Waals surface area contributed by atoms with Crippen molar-refractivity contribution >= 4 is 5.91 Å². The van der Waals surface area contributed by atoms with Crippen LogP contribution < -0.4 is 11.1 Å². The maximum Gasteiger partial charge on any atom is 0.224 e. The van der Waals surface area contributed by atoms with Crippen molar-refractivity contribution in [2.45, 2.75) is 31.8 Å². The third-order valence-corrected chi connectivity index (χ3v) is 4.20. The molecule has 2 unspecified atom stereocenters. The Labute approximate surface area is 125 Å². The summed E-state index contributed by atoms with van der Waals surface area (Å²) in [5, 5.41) is 3.10. The number of rotatable bonds is 3. The summed E-state index contributed by atoms with van der Waals surface area (Å²) in [5.74, 6) is 0.0291. The van der Waals surface area contributed by atoms with E-state index >= 15 is 0 Å². The average Bonchev–Trinajstić information content (AvgIpc) is 2.78. The van der Waals surface area contributed by atoms with Gasteiger partial charge in [-0.15, -0.1) is 0 Å². The highest BCUT2D eigenvalue weighted by Crippen LogP contribution is 2.30. The number of benzene rings is 2. The molecule has 0 saturated carbocycles. The lowest BCUT2D eigenvalue weighted by Crippen LogP contribution is -2.39. The molecule has 108 valence electrons. The molecule has 2 aromatic carbocycles. The van der Waals surface area contributed by atoms with Crippen molar-refractivity contribution in [3.8, 4) is 0 Å². The smallest absolute Gasteiger partial charge is 0.224 e. The first-order chi connectivity index (χ1) is 10.1. The minimum Gasteiger partial charge on any atom is -0.347 e. The molecule has 2 aromatic rings. The van der Waals surface area contributed by atoms with E-state index in [1.807, 2.05) is 43.3 Å². The zero-order chi connectivity index (χ0) is 14.8. The molecule has 3 rings (SSSR count). The van der Waals surface area contributed by atoms with Crippen LogP contribution in [0.2, 0.25) is 0 Å². The lowest BCUT2D eigenvalue weighted by atomic mass is 10.0. The first kappa shape index (κ1) is 13.8. The SMILES string of the molecule is Cc1ccccc1CC(=O)NC1c2ccccc2CC1N. The number of carbonyl (C=O) groups excluding carboxylic acids is 1. The maximum absolute atomic E-state index is 12.3. The van der Waals surface area contributed by atoms with Gasteiger partial charge in [-0.2, -0.15) is 0 Å². The lowest BCUT2D eigenvalue weighted by molar-refractivity contribution is -0.121. The molecule has 3 nitrogen and oxygen atoms in total. The molecule has 0 aromatic heterocycles. The molecular weight excluding hydrogens is 260 g/mol. The number of hydrogen-bond acceptors (Lipinski definition) is 2. The number of carbonyl (C=O) groups is 1. The van der Waals surface area contributed by atoms with Crippen LogP contribution in [0.3, 0.4) is 0 Å². The van der Waals surface area contributed by atoms with Gasteiger partial charge >= 0.3 is 0 Å². The van der Waals surface area contributed by atoms with Crippen LogP contribution in [0, 0.1) is 6.92 Å². The molecule has 0 spiro atoms. The Balaban J connectivity index is 1.72. The largest absolute Gasteiger partial charge is 0.347 e. The molecule has 0 radical (unpaired) electrons. The number of amides is 1. The van der Waals surface area contributed by atoms with Crippen LogP contribution in [0.15, 0.2) is 48.5 Å². The zero-order valence-electron chi connectivity index (χ0n) is 12.2. The highest BCUT2D eigenvalue weighted by atomic mass is 16.1. The quantitative estimate of drug-likeness (QED) is 0.906. The zero-order valence-corrected chi connectivity index (χ0v) is 12.2. The van der Waals surface area contributed by atoms with Gasteiger partial charge < -0.3 is 11.1 Å². The van der Waals surface area contributed by atoms with Crippen molar-refractivity contribution in [2.75, 3.05) is 0 Å². The van der Waals surface area contributed by atoms with E-state index in [-0.39, 0.29) is 18.0 Å². The topological polar surface area (TPSA) is 55.1 Å². The van der Waals surface area contributed by atoms with Crippen LogP contribution in [0.4, 0.5) is 0 Å². The van der Waals surface area contributed by atoms with Gasteiger partial charge in [0, 0.05) is 6.04 Å². The fourth-order valence-electron chi connectivity index (χ4n) is 3.02. The summed E-state index contributed by atoms with van der Waals surface area (Å²) in [7, 11) is 0. The number of fused-ring (bicyclic) bond motifs is 1. The average molecular weight is 280 g/mol. The van der Waals surface area contributed by atoms with Crippen molar-refractivity contribution in [1.82, 2.24) is 5.32 Å². The van der Waals surface area contributed by atoms with Gasteiger partial charge in [-0.05, 0) is 35.6 Å². The van der Waals surface area contributed by atoms with Gasteiger partial charge in [0.2, 0.25) is 5.91 Å². The molecule has 0 saturated heterocycles. The second-order valence-electron chi connectivity index (χ2n) is 5.72. The Morgan fingerprint density at radius 3 is 2.71 bits per heavy atom. The Morgan fingerprint density at radius 1 is 1.19 bits per heavy atom. The first-order valence-electron chi connectivity index (χ1n) is 7.32. The van der Waals surface area contributed by atoms with E-state index in [1.165, 1.54) is 5.56 Å². The third-order valence-electron chi connectivity index (χ3n) is 4.20. The summed E-state index contributed by atoms with van der Waals surface area (Å²) >= 11 is 0. The minimum atomic E-state index is -0.0716. The molecule has 0 heterocycles. The summed E-state index contributed by atoms with van der Waals surface area (Å²) in [6, 6.07) is 16.0. The molecular formula is C18H20N2O. The Bertz CT molecular complexity index is 666. The summed E-state index contributed by atoms with van der Waals surface area (Å²) in [6.45, 7) is 2.03. The predicted octanol–water partition coefficient (Wildman–Crippen LogP) is 2.28. The number of aryl methyl sites for hydroxylation is 1. The molecule has 2 atom stereocenters. The number of nitrogens with two attached hydrogens (primary N) is 1. The van der Waals surface area contributed by atoms with Gasteiger partial charge in [-0.1, -0.05) is 48.5 Å². The highest BCUT2D eigenvalue weighted by molar-refractivity contribution is 5.79. The normalized spacial score (nSPS) is 20.1. The molecule has 21 heavy (non-hydrogen) atoms. The fourth-order valence-corrected chi connectivity index (χ4v) is 3.02. The molecule has 0 aliphatic heterocycles. The van der Waals surface area contributed by atoms with Crippen LogP contribution in [-0.4, -0.2) is 11.9 Å². The second-order valence-corrected chi connectivity index (χ2v) is 5.72. The molecule has 1 aliphatic carbocycles. The monoisotopic (exact) mass is 280 g/mol. The number of nitrogens with one attached hydrogen (secondary N) is 1. The predicted molar refractivity (Wildman–Crippen MR) is 83.9 cm³/mol. The van der Waals surface area contributed by atoms with Crippen molar-refractivity contribution in [1.29, 1.82) is 0 Å². The molecule has 3 heteroatoms. The maximum atomic E-state index is 12.3. The summed E-state index contributed by atoms with van der Waals surface area (Å²) in [6.07, 6.45) is 1.23. The van der Waals surface area contributed by atoms with E-state index in [4.69, 9.17) is 5.73 Å². The van der Waals surface area contributed by atoms with Crippen molar-refractivity contribution < 1.29 is 4.79 Å². The molecule has 0 bridgehead atoms. The summed E-state index contributed by atoms with van der Waals surface area (Å²) in [4.78, 5) is 12.3. The van der Waals surface area contributed by atoms with E-state index in [0.29, 0.717) is 6.42 Å². The van der Waals surface area contributed by atoms with Gasteiger partial charge in [-0.3, -0.25) is 4.79 Å². The Kier molecular flexibility index (Phi) is 3.76. The van der Waals surface area contributed by atoms with Crippen LogP contribution in [0.5, 0.6) is 0 Å². The third kappa shape index (κ3) is 2.83. The Morgan fingerprint density at radius 2 is 1.90 bits per heavy atom. The van der Waals surface area contributed by atoms with E-state index < -0.39 is 0 Å². The minimum absolute atomic E-state index is 0.0291. The van der Waals surface area contributed by atoms with Gasteiger partial charge in [0.1, 0.15) is 0 Å². The van der Waals surface area contributed by atoms with E-state index in [2.05, 4.69) is 17.4 Å². The molecule has 1 aliphatic rings. The second kappa shape index (κ2) is 5.70. The van der Waals surface area contributed by atoms with Gasteiger partial charge in [0.25, 0.3) is 0 Å². The molecule has 3 N–H and O–H groups in total. The van der Waals surface area contributed by atoms with Crippen LogP contribution in [0.25, 0.3) is 0 Å². The van der Waals surface area contributed by atoms with Gasteiger partial charge in [0.15, 0.2) is 0 Å². The van der Waals surface area contributed by atoms with Crippen LogP contribution >= 0.6 is 0 Å². The van der Waals surface area contributed by atoms with Crippen molar-refractivity contribution in [3.63, 3.8) is 0 Å². The molecule has 0 fully saturated rings. The van der Waals surface area contributed by atoms with Gasteiger partial charge in [-0.25, -0.2) is 0 Å². The standard InChI is InChI=1S/C18H20N2O/c1-12-6-2-3-7-13(12)11-17(21)20-18-15-9-5-4-8-14(15)10-16(18)19/h2-9,16,18H,10-11,19H2,1H3,(H,20,21). The van der Waals surface area contributed by atoms with Crippen LogP contribution in [-0.2, 0) is 17.6 Å².